The van der Waals surface area contributed by atoms with Crippen molar-refractivity contribution in [3.8, 4) is 0 Å². The van der Waals surface area contributed by atoms with Crippen LogP contribution in [0, 0.1) is 6.92 Å². The zero-order valence-corrected chi connectivity index (χ0v) is 16.1. The molecule has 1 fully saturated rings. The minimum atomic E-state index is -0.626. The lowest BCUT2D eigenvalue weighted by Gasteiger charge is -2.15. The minimum absolute atomic E-state index is 0.190. The van der Waals surface area contributed by atoms with Crippen molar-refractivity contribution < 1.29 is 9.59 Å². The Kier molecular flexibility index (Phi) is 4.54. The second-order valence-corrected chi connectivity index (χ2v) is 7.35. The zero-order valence-electron chi connectivity index (χ0n) is 16.1. The molecule has 1 aliphatic heterocycles. The first kappa shape index (κ1) is 18.1. The molecule has 1 N–H and O–H groups in total. The fourth-order valence-corrected chi connectivity index (χ4v) is 3.43. The number of pyridine rings is 1. The number of nitrogens with zero attached hydrogens (tertiary/aromatic N) is 5. The molecule has 0 spiro atoms. The van der Waals surface area contributed by atoms with E-state index in [9.17, 15) is 9.59 Å². The smallest absolute Gasteiger partial charge is 0.325 e. The van der Waals surface area contributed by atoms with E-state index in [0.717, 1.165) is 22.2 Å². The largest absolute Gasteiger partial charge is 0.325 e. The van der Waals surface area contributed by atoms with Gasteiger partial charge in [-0.15, -0.1) is 5.10 Å². The number of hydrogen-bond donors (Lipinski definition) is 1. The highest BCUT2D eigenvalue weighted by molar-refractivity contribution is 6.04. The number of fused-ring (bicyclic) bond motifs is 1. The summed E-state index contributed by atoms with van der Waals surface area (Å²) in [5.41, 5.74) is 3.28. The summed E-state index contributed by atoms with van der Waals surface area (Å²) >= 11 is 0. The number of urea groups is 1. The van der Waals surface area contributed by atoms with Gasteiger partial charge in [0.1, 0.15) is 6.04 Å². The zero-order chi connectivity index (χ0) is 19.8. The minimum Gasteiger partial charge on any atom is -0.325 e. The summed E-state index contributed by atoms with van der Waals surface area (Å²) < 4.78 is 1.74. The number of aryl methyl sites for hydroxylation is 1. The van der Waals surface area contributed by atoms with Crippen LogP contribution in [-0.4, -0.2) is 42.9 Å². The lowest BCUT2D eigenvalue weighted by molar-refractivity contribution is -0.127. The Labute approximate surface area is 162 Å². The first-order valence-electron chi connectivity index (χ1n) is 9.30. The lowest BCUT2D eigenvalue weighted by atomic mass is 10.1. The summed E-state index contributed by atoms with van der Waals surface area (Å²) in [7, 11) is 0. The Morgan fingerprint density at radius 1 is 1.21 bits per heavy atom. The molecule has 3 heterocycles. The van der Waals surface area contributed by atoms with Gasteiger partial charge in [-0.25, -0.2) is 9.48 Å². The van der Waals surface area contributed by atoms with Crippen molar-refractivity contribution in [3.63, 3.8) is 0 Å². The van der Waals surface area contributed by atoms with Crippen LogP contribution in [-0.2, 0) is 17.8 Å². The average Bonchev–Trinajstić information content (AvgIpc) is 3.22. The van der Waals surface area contributed by atoms with Crippen LogP contribution in [0.3, 0.4) is 0 Å². The Morgan fingerprint density at radius 2 is 2.00 bits per heavy atom. The third-order valence-corrected chi connectivity index (χ3v) is 4.87. The number of para-hydroxylation sites is 1. The Balaban J connectivity index is 1.55. The highest BCUT2D eigenvalue weighted by atomic mass is 16.2. The van der Waals surface area contributed by atoms with E-state index in [1.54, 1.807) is 4.68 Å². The van der Waals surface area contributed by atoms with Crippen LogP contribution in [0.1, 0.15) is 36.8 Å². The number of carbonyl (C=O) groups excluding carboxylic acids is 2. The third-order valence-electron chi connectivity index (χ3n) is 4.87. The van der Waals surface area contributed by atoms with Crippen molar-refractivity contribution in [2.24, 2.45) is 0 Å². The molecule has 144 valence electrons. The SMILES string of the molecule is Cc1cc(CN2C(=O)N[C@H](Cc3cn(C(C)C)nn3)C2=O)c2ccccc2n1. The van der Waals surface area contributed by atoms with Crippen LogP contribution >= 0.6 is 0 Å². The molecular formula is C20H22N6O2. The number of amides is 3. The van der Waals surface area contributed by atoms with Gasteiger partial charge >= 0.3 is 6.03 Å². The predicted molar refractivity (Wildman–Crippen MR) is 103 cm³/mol. The molecule has 28 heavy (non-hydrogen) atoms. The molecule has 0 radical (unpaired) electrons. The van der Waals surface area contributed by atoms with E-state index in [-0.39, 0.29) is 24.5 Å². The summed E-state index contributed by atoms with van der Waals surface area (Å²) in [6, 6.07) is 8.83. The number of hydrogen-bond acceptors (Lipinski definition) is 5. The van der Waals surface area contributed by atoms with Gasteiger partial charge < -0.3 is 5.32 Å². The maximum absolute atomic E-state index is 12.9. The molecule has 1 atom stereocenters. The van der Waals surface area contributed by atoms with Crippen LogP contribution in [0.5, 0.6) is 0 Å². The van der Waals surface area contributed by atoms with Gasteiger partial charge in [0.15, 0.2) is 0 Å². The molecule has 0 aliphatic carbocycles. The van der Waals surface area contributed by atoms with Gasteiger partial charge in [-0.2, -0.15) is 0 Å². The highest BCUT2D eigenvalue weighted by Gasteiger charge is 2.38. The Hall–Kier alpha value is -3.29. The molecule has 0 unspecified atom stereocenters. The Bertz CT molecular complexity index is 1060. The van der Waals surface area contributed by atoms with Gasteiger partial charge in [0.05, 0.1) is 17.8 Å². The summed E-state index contributed by atoms with van der Waals surface area (Å²) in [6.07, 6.45) is 2.14. The molecule has 1 aromatic carbocycles. The molecule has 3 aromatic rings. The van der Waals surface area contributed by atoms with Gasteiger partial charge in [0.2, 0.25) is 0 Å². The molecule has 0 bridgehead atoms. The molecule has 1 saturated heterocycles. The van der Waals surface area contributed by atoms with Crippen LogP contribution in [0.2, 0.25) is 0 Å². The quantitative estimate of drug-likeness (QED) is 0.688. The number of imide groups is 1. The number of carbonyl (C=O) groups is 2. The number of rotatable bonds is 5. The topological polar surface area (TPSA) is 93.0 Å². The molecule has 1 aliphatic rings. The molecule has 2 aromatic heterocycles. The number of aromatic nitrogens is 4. The molecular weight excluding hydrogens is 356 g/mol. The first-order valence-corrected chi connectivity index (χ1v) is 9.30. The van der Waals surface area contributed by atoms with Crippen LogP contribution in [0.15, 0.2) is 36.5 Å². The van der Waals surface area contributed by atoms with E-state index >= 15 is 0 Å². The van der Waals surface area contributed by atoms with Gasteiger partial charge in [0, 0.05) is 29.7 Å². The van der Waals surface area contributed by atoms with Crippen molar-refractivity contribution >= 4 is 22.8 Å². The maximum atomic E-state index is 12.9. The van der Waals surface area contributed by atoms with Gasteiger partial charge in [-0.3, -0.25) is 14.7 Å². The maximum Gasteiger partial charge on any atom is 0.325 e. The van der Waals surface area contributed by atoms with E-state index in [0.29, 0.717) is 12.1 Å². The van der Waals surface area contributed by atoms with Crippen LogP contribution in [0.25, 0.3) is 10.9 Å². The second-order valence-electron chi connectivity index (χ2n) is 7.35. The van der Waals surface area contributed by atoms with E-state index in [4.69, 9.17) is 0 Å². The molecule has 0 saturated carbocycles. The second kappa shape index (κ2) is 7.03. The third kappa shape index (κ3) is 3.33. The molecule has 3 amide bonds. The number of benzene rings is 1. The van der Waals surface area contributed by atoms with Gasteiger partial charge in [-0.05, 0) is 38.5 Å². The predicted octanol–water partition coefficient (Wildman–Crippen LogP) is 2.38. The standard InChI is InChI=1S/C20H22N6O2/c1-12(2)26-11-15(23-24-26)9-18-19(27)25(20(28)22-18)10-14-8-13(3)21-17-7-5-4-6-16(14)17/h4-8,11-12,18H,9-10H2,1-3H3,(H,22,28)/t18-/m1/s1. The molecule has 4 rings (SSSR count). The van der Waals surface area contributed by atoms with E-state index < -0.39 is 6.04 Å². The van der Waals surface area contributed by atoms with Crippen molar-refractivity contribution in [2.45, 2.75) is 45.8 Å². The first-order chi connectivity index (χ1) is 13.4. The molecule has 8 heteroatoms. The van der Waals surface area contributed by atoms with Crippen LogP contribution < -0.4 is 5.32 Å². The summed E-state index contributed by atoms with van der Waals surface area (Å²) in [5.74, 6) is -0.248. The fourth-order valence-electron chi connectivity index (χ4n) is 3.43. The summed E-state index contributed by atoms with van der Waals surface area (Å²) in [6.45, 7) is 6.12. The van der Waals surface area contributed by atoms with E-state index in [2.05, 4.69) is 20.6 Å². The number of nitrogens with one attached hydrogen (secondary N) is 1. The van der Waals surface area contributed by atoms with E-state index in [1.807, 2.05) is 57.3 Å². The van der Waals surface area contributed by atoms with Crippen molar-refractivity contribution in [1.82, 2.24) is 30.2 Å². The van der Waals surface area contributed by atoms with Crippen LogP contribution in [0.4, 0.5) is 4.79 Å². The van der Waals surface area contributed by atoms with Crippen molar-refractivity contribution in [3.05, 3.63) is 53.5 Å². The highest BCUT2D eigenvalue weighted by Crippen LogP contribution is 2.22. The van der Waals surface area contributed by atoms with Crippen molar-refractivity contribution in [1.29, 1.82) is 0 Å². The Morgan fingerprint density at radius 3 is 2.75 bits per heavy atom. The molecule has 8 nitrogen and oxygen atoms in total. The van der Waals surface area contributed by atoms with Crippen molar-refractivity contribution in [2.75, 3.05) is 0 Å². The van der Waals surface area contributed by atoms with E-state index in [1.165, 1.54) is 4.90 Å². The summed E-state index contributed by atoms with van der Waals surface area (Å²) in [5, 5.41) is 11.9. The van der Waals surface area contributed by atoms with Gasteiger partial charge in [0.25, 0.3) is 5.91 Å². The fraction of sp³-hybridized carbons (Fsp3) is 0.350. The van der Waals surface area contributed by atoms with Gasteiger partial charge in [-0.1, -0.05) is 23.4 Å². The lowest BCUT2D eigenvalue weighted by Crippen LogP contribution is -2.32. The average molecular weight is 378 g/mol. The normalized spacial score (nSPS) is 17.0. The summed E-state index contributed by atoms with van der Waals surface area (Å²) in [4.78, 5) is 31.1. The monoisotopic (exact) mass is 378 g/mol.